The van der Waals surface area contributed by atoms with Gasteiger partial charge in [0.1, 0.15) is 5.75 Å². The number of hydrogen-bond acceptors (Lipinski definition) is 3. The fourth-order valence-corrected chi connectivity index (χ4v) is 1.69. The summed E-state index contributed by atoms with van der Waals surface area (Å²) in [6.45, 7) is 6.23. The third-order valence-corrected chi connectivity index (χ3v) is 2.76. The van der Waals surface area contributed by atoms with Crippen molar-refractivity contribution < 1.29 is 10.3 Å². The van der Waals surface area contributed by atoms with Gasteiger partial charge in [0.05, 0.1) is 10.7 Å². The third-order valence-electron chi connectivity index (χ3n) is 2.16. The average Bonchev–Trinajstić information content (AvgIpc) is 2.11. The zero-order chi connectivity index (χ0) is 11.6. The van der Waals surface area contributed by atoms with Crippen LogP contribution in [0.25, 0.3) is 0 Å². The van der Waals surface area contributed by atoms with Gasteiger partial charge in [-0.05, 0) is 39.0 Å². The van der Waals surface area contributed by atoms with E-state index in [1.165, 1.54) is 6.21 Å². The van der Waals surface area contributed by atoms with Crippen LogP contribution in [0.4, 0.5) is 0 Å². The molecule has 0 spiro atoms. The van der Waals surface area contributed by atoms with Crippen molar-refractivity contribution >= 4 is 22.1 Å². The number of nitrogens with zero attached hydrogens (tertiary/aromatic N) is 1. The molecule has 1 rings (SSSR count). The average molecular weight is 272 g/mol. The zero-order valence-electron chi connectivity index (χ0n) is 8.95. The Bertz CT molecular complexity index is 394. The van der Waals surface area contributed by atoms with Gasteiger partial charge in [-0.3, -0.25) is 0 Å². The molecule has 15 heavy (non-hydrogen) atoms. The fraction of sp³-hybridized carbons (Fsp3) is 0.364. The van der Waals surface area contributed by atoms with Crippen LogP contribution in [0, 0.1) is 0 Å². The first-order valence-electron chi connectivity index (χ1n) is 4.56. The van der Waals surface area contributed by atoms with Crippen LogP contribution in [0.2, 0.25) is 0 Å². The quantitative estimate of drug-likeness (QED) is 0.468. The maximum atomic E-state index is 9.67. The van der Waals surface area contributed by atoms with E-state index < -0.39 is 0 Å². The molecule has 0 fully saturated rings. The van der Waals surface area contributed by atoms with Crippen molar-refractivity contribution in [2.75, 3.05) is 0 Å². The van der Waals surface area contributed by atoms with Gasteiger partial charge in [0, 0.05) is 5.56 Å². The molecule has 0 amide bonds. The van der Waals surface area contributed by atoms with Crippen LogP contribution in [0.5, 0.6) is 5.75 Å². The minimum Gasteiger partial charge on any atom is -0.506 e. The molecule has 0 aromatic heterocycles. The van der Waals surface area contributed by atoms with Crippen molar-refractivity contribution in [1.82, 2.24) is 0 Å². The maximum absolute atomic E-state index is 9.67. The first-order chi connectivity index (χ1) is 6.86. The molecule has 82 valence electrons. The van der Waals surface area contributed by atoms with E-state index in [0.717, 1.165) is 5.56 Å². The van der Waals surface area contributed by atoms with Crippen LogP contribution in [0.15, 0.2) is 21.8 Å². The predicted octanol–water partition coefficient (Wildman–Crippen LogP) is 3.26. The molecule has 0 atom stereocenters. The lowest BCUT2D eigenvalue weighted by atomic mass is 9.86. The molecule has 0 unspecified atom stereocenters. The summed E-state index contributed by atoms with van der Waals surface area (Å²) < 4.78 is 0.602. The van der Waals surface area contributed by atoms with E-state index in [4.69, 9.17) is 5.21 Å². The standard InChI is InChI=1S/C11H14BrNO2/c1-11(2,3)8-4-7(6-13-15)10(14)9(12)5-8/h4-6,14-15H,1-3H3/b13-6+. The summed E-state index contributed by atoms with van der Waals surface area (Å²) in [5, 5.41) is 21.1. The SMILES string of the molecule is CC(C)(C)c1cc(Br)c(O)c(/C=N/O)c1. The van der Waals surface area contributed by atoms with Crippen LogP contribution in [-0.4, -0.2) is 16.5 Å². The van der Waals surface area contributed by atoms with E-state index in [1.54, 1.807) is 6.07 Å². The number of halogens is 1. The third kappa shape index (κ3) is 2.72. The van der Waals surface area contributed by atoms with Crippen LogP contribution in [0.3, 0.4) is 0 Å². The molecule has 0 heterocycles. The molecule has 2 N–H and O–H groups in total. The summed E-state index contributed by atoms with van der Waals surface area (Å²) >= 11 is 3.27. The molecule has 3 nitrogen and oxygen atoms in total. The number of oxime groups is 1. The monoisotopic (exact) mass is 271 g/mol. The highest BCUT2D eigenvalue weighted by atomic mass is 79.9. The van der Waals surface area contributed by atoms with E-state index in [-0.39, 0.29) is 11.2 Å². The number of phenolic OH excluding ortho intramolecular Hbond substituents is 1. The Kier molecular flexibility index (Phi) is 3.39. The van der Waals surface area contributed by atoms with E-state index in [0.29, 0.717) is 10.0 Å². The second kappa shape index (κ2) is 4.23. The summed E-state index contributed by atoms with van der Waals surface area (Å²) in [5.41, 5.74) is 1.53. The Morgan fingerprint density at radius 2 is 1.93 bits per heavy atom. The highest BCUT2D eigenvalue weighted by Gasteiger charge is 2.17. The first-order valence-corrected chi connectivity index (χ1v) is 5.36. The van der Waals surface area contributed by atoms with E-state index in [9.17, 15) is 5.11 Å². The van der Waals surface area contributed by atoms with Crippen molar-refractivity contribution in [3.63, 3.8) is 0 Å². The highest BCUT2D eigenvalue weighted by molar-refractivity contribution is 9.10. The fourth-order valence-electron chi connectivity index (χ4n) is 1.21. The predicted molar refractivity (Wildman–Crippen MR) is 63.9 cm³/mol. The summed E-state index contributed by atoms with van der Waals surface area (Å²) in [4.78, 5) is 0. The molecule has 0 saturated heterocycles. The summed E-state index contributed by atoms with van der Waals surface area (Å²) in [6, 6.07) is 3.67. The zero-order valence-corrected chi connectivity index (χ0v) is 10.5. The molecule has 0 aliphatic rings. The molecule has 0 bridgehead atoms. The van der Waals surface area contributed by atoms with E-state index in [2.05, 4.69) is 41.9 Å². The molecule has 0 aliphatic carbocycles. The molecule has 4 heteroatoms. The topological polar surface area (TPSA) is 52.8 Å². The van der Waals surface area contributed by atoms with Gasteiger partial charge in [-0.25, -0.2) is 0 Å². The van der Waals surface area contributed by atoms with Gasteiger partial charge >= 0.3 is 0 Å². The van der Waals surface area contributed by atoms with Gasteiger partial charge in [-0.2, -0.15) is 0 Å². The Labute approximate surface area is 97.6 Å². The first kappa shape index (κ1) is 12.0. The second-order valence-electron chi connectivity index (χ2n) is 4.39. The van der Waals surface area contributed by atoms with Crippen molar-refractivity contribution in [2.24, 2.45) is 5.16 Å². The Morgan fingerprint density at radius 3 is 2.40 bits per heavy atom. The lowest BCUT2D eigenvalue weighted by Crippen LogP contribution is -2.11. The number of benzene rings is 1. The molecular formula is C11H14BrNO2. The second-order valence-corrected chi connectivity index (χ2v) is 5.24. The molecule has 0 aliphatic heterocycles. The van der Waals surface area contributed by atoms with Crippen molar-refractivity contribution in [1.29, 1.82) is 0 Å². The van der Waals surface area contributed by atoms with Crippen LogP contribution in [-0.2, 0) is 5.41 Å². The number of aromatic hydroxyl groups is 1. The van der Waals surface area contributed by atoms with Gasteiger partial charge in [-0.15, -0.1) is 0 Å². The molecule has 1 aromatic carbocycles. The van der Waals surface area contributed by atoms with Crippen LogP contribution in [0.1, 0.15) is 31.9 Å². The van der Waals surface area contributed by atoms with E-state index in [1.807, 2.05) is 6.07 Å². The largest absolute Gasteiger partial charge is 0.506 e. The van der Waals surface area contributed by atoms with Crippen LogP contribution < -0.4 is 0 Å². The van der Waals surface area contributed by atoms with Crippen molar-refractivity contribution in [2.45, 2.75) is 26.2 Å². The smallest absolute Gasteiger partial charge is 0.138 e. The van der Waals surface area contributed by atoms with Gasteiger partial charge in [-0.1, -0.05) is 25.9 Å². The number of phenols is 1. The lowest BCUT2D eigenvalue weighted by molar-refractivity contribution is 0.321. The summed E-state index contributed by atoms with van der Waals surface area (Å²) in [5.74, 6) is 0.0841. The number of rotatable bonds is 1. The Hall–Kier alpha value is -1.03. The van der Waals surface area contributed by atoms with Crippen molar-refractivity contribution in [3.8, 4) is 5.75 Å². The summed E-state index contributed by atoms with van der Waals surface area (Å²) in [6.07, 6.45) is 1.22. The Balaban J connectivity index is 3.36. The minimum absolute atomic E-state index is 0.0196. The molecule has 1 aromatic rings. The highest BCUT2D eigenvalue weighted by Crippen LogP contribution is 2.33. The molecular weight excluding hydrogens is 258 g/mol. The Morgan fingerprint density at radius 1 is 1.33 bits per heavy atom. The minimum atomic E-state index is -0.0196. The molecule has 0 saturated carbocycles. The van der Waals surface area contributed by atoms with E-state index >= 15 is 0 Å². The van der Waals surface area contributed by atoms with Gasteiger partial charge < -0.3 is 10.3 Å². The van der Waals surface area contributed by atoms with Gasteiger partial charge in [0.25, 0.3) is 0 Å². The summed E-state index contributed by atoms with van der Waals surface area (Å²) in [7, 11) is 0. The van der Waals surface area contributed by atoms with Crippen LogP contribution >= 0.6 is 15.9 Å². The van der Waals surface area contributed by atoms with Gasteiger partial charge in [0.15, 0.2) is 0 Å². The van der Waals surface area contributed by atoms with Crippen molar-refractivity contribution in [3.05, 3.63) is 27.7 Å². The normalized spacial score (nSPS) is 12.3. The van der Waals surface area contributed by atoms with Gasteiger partial charge in [0.2, 0.25) is 0 Å². The maximum Gasteiger partial charge on any atom is 0.138 e. The molecule has 0 radical (unpaired) electrons. The number of hydrogen-bond donors (Lipinski definition) is 2. The lowest BCUT2D eigenvalue weighted by Gasteiger charge is -2.20.